The molecule has 5 nitrogen and oxygen atoms in total. The zero-order chi connectivity index (χ0) is 16.6. The van der Waals surface area contributed by atoms with Crippen LogP contribution in [0.25, 0.3) is 11.0 Å². The van der Waals surface area contributed by atoms with E-state index >= 15 is 0 Å². The van der Waals surface area contributed by atoms with Crippen LogP contribution in [-0.4, -0.2) is 28.6 Å². The van der Waals surface area contributed by atoms with E-state index in [2.05, 4.69) is 11.1 Å². The number of rotatable bonds is 3. The second-order valence-corrected chi connectivity index (χ2v) is 7.08. The third kappa shape index (κ3) is 2.98. The van der Waals surface area contributed by atoms with Crippen molar-refractivity contribution in [2.75, 3.05) is 13.2 Å². The van der Waals surface area contributed by atoms with Crippen molar-refractivity contribution in [3.8, 4) is 0 Å². The number of ether oxygens (including phenoxy) is 2. The molecule has 1 aliphatic carbocycles. The lowest BCUT2D eigenvalue weighted by molar-refractivity contribution is -0.182. The first-order valence-electron chi connectivity index (χ1n) is 8.89. The summed E-state index contributed by atoms with van der Waals surface area (Å²) in [6, 6.07) is 6.08. The van der Waals surface area contributed by atoms with Gasteiger partial charge in [-0.05, 0) is 49.8 Å². The van der Waals surface area contributed by atoms with Gasteiger partial charge in [-0.15, -0.1) is 0 Å². The fraction of sp³-hybridized carbons (Fsp3) is 0.579. The fourth-order valence-corrected chi connectivity index (χ4v) is 4.01. The molecule has 0 unspecified atom stereocenters. The van der Waals surface area contributed by atoms with E-state index in [0.717, 1.165) is 68.5 Å². The Bertz CT molecular complexity index is 783. The molecule has 0 bridgehead atoms. The zero-order valence-corrected chi connectivity index (χ0v) is 14.2. The summed E-state index contributed by atoms with van der Waals surface area (Å²) in [5, 5.41) is 0. The maximum Gasteiger partial charge on any atom is 0.269 e. The number of aryl methyl sites for hydroxylation is 2. The second kappa shape index (κ2) is 6.30. The van der Waals surface area contributed by atoms with Crippen molar-refractivity contribution in [3.63, 3.8) is 0 Å². The highest BCUT2D eigenvalue weighted by molar-refractivity contribution is 5.75. The van der Waals surface area contributed by atoms with Crippen molar-refractivity contribution >= 4 is 11.0 Å². The average molecular weight is 328 g/mol. The molecule has 1 saturated heterocycles. The largest absolute Gasteiger partial charge is 0.348 e. The van der Waals surface area contributed by atoms with Crippen LogP contribution in [0.15, 0.2) is 29.2 Å². The van der Waals surface area contributed by atoms with Gasteiger partial charge in [-0.3, -0.25) is 4.79 Å². The van der Waals surface area contributed by atoms with Gasteiger partial charge in [-0.2, -0.15) is 0 Å². The molecule has 2 fully saturated rings. The number of benzene rings is 1. The summed E-state index contributed by atoms with van der Waals surface area (Å²) >= 11 is 0. The van der Waals surface area contributed by atoms with Crippen molar-refractivity contribution in [1.82, 2.24) is 9.55 Å². The zero-order valence-electron chi connectivity index (χ0n) is 14.2. The quantitative estimate of drug-likeness (QED) is 0.869. The third-order valence-corrected chi connectivity index (χ3v) is 5.44. The highest BCUT2D eigenvalue weighted by Crippen LogP contribution is 2.39. The molecule has 0 radical (unpaired) electrons. The van der Waals surface area contributed by atoms with Gasteiger partial charge >= 0.3 is 0 Å². The normalized spacial score (nSPS) is 20.9. The van der Waals surface area contributed by atoms with Gasteiger partial charge in [-0.25, -0.2) is 4.98 Å². The van der Waals surface area contributed by atoms with E-state index in [9.17, 15) is 4.79 Å². The van der Waals surface area contributed by atoms with E-state index in [0.29, 0.717) is 5.92 Å². The summed E-state index contributed by atoms with van der Waals surface area (Å²) in [6.07, 6.45) is 6.62. The summed E-state index contributed by atoms with van der Waals surface area (Å²) < 4.78 is 13.5. The third-order valence-electron chi connectivity index (χ3n) is 5.44. The molecule has 0 amide bonds. The molecule has 2 aromatic rings. The van der Waals surface area contributed by atoms with Crippen LogP contribution < -0.4 is 5.56 Å². The molecule has 1 aromatic heterocycles. The Labute approximate surface area is 141 Å². The monoisotopic (exact) mass is 328 g/mol. The molecule has 2 heterocycles. The van der Waals surface area contributed by atoms with Crippen molar-refractivity contribution in [3.05, 3.63) is 40.3 Å². The Morgan fingerprint density at radius 2 is 2.00 bits per heavy atom. The summed E-state index contributed by atoms with van der Waals surface area (Å²) in [5.41, 5.74) is 2.97. The summed E-state index contributed by atoms with van der Waals surface area (Å²) in [6.45, 7) is 4.24. The standard InChI is InChI=1S/C19H24N2O3/c1-14-2-3-16-17(12-14)21(18(22)13-20-16)9-6-15-4-7-19(8-5-15)23-10-11-24-19/h2-3,12-13,15H,4-11H2,1H3. The minimum atomic E-state index is -0.298. The molecule has 1 saturated carbocycles. The van der Waals surface area contributed by atoms with Gasteiger partial charge in [0.15, 0.2) is 5.79 Å². The van der Waals surface area contributed by atoms with Gasteiger partial charge in [-0.1, -0.05) is 6.07 Å². The maximum absolute atomic E-state index is 12.3. The van der Waals surface area contributed by atoms with Crippen LogP contribution in [0.3, 0.4) is 0 Å². The Kier molecular flexibility index (Phi) is 4.14. The van der Waals surface area contributed by atoms with Crippen molar-refractivity contribution in [1.29, 1.82) is 0 Å². The molecule has 1 aliphatic heterocycles. The summed E-state index contributed by atoms with van der Waals surface area (Å²) in [7, 11) is 0. The van der Waals surface area contributed by atoms with Gasteiger partial charge < -0.3 is 14.0 Å². The number of hydrogen-bond donors (Lipinski definition) is 0. The van der Waals surface area contributed by atoms with Crippen LogP contribution in [0.2, 0.25) is 0 Å². The van der Waals surface area contributed by atoms with Crippen LogP contribution in [0, 0.1) is 12.8 Å². The highest BCUT2D eigenvalue weighted by atomic mass is 16.7. The lowest BCUT2D eigenvalue weighted by Gasteiger charge is -2.35. The van der Waals surface area contributed by atoms with Crippen LogP contribution in [0.4, 0.5) is 0 Å². The summed E-state index contributed by atoms with van der Waals surface area (Å²) in [4.78, 5) is 16.5. The SMILES string of the molecule is Cc1ccc2ncc(=O)n(CCC3CCC4(CC3)OCCO4)c2c1. The minimum Gasteiger partial charge on any atom is -0.348 e. The van der Waals surface area contributed by atoms with Crippen molar-refractivity contribution in [2.45, 2.75) is 51.4 Å². The summed E-state index contributed by atoms with van der Waals surface area (Å²) in [5.74, 6) is 0.330. The number of nitrogens with zero attached hydrogens (tertiary/aromatic N) is 2. The molecule has 1 aromatic carbocycles. The Hall–Kier alpha value is -1.72. The van der Waals surface area contributed by atoms with Gasteiger partial charge in [0.25, 0.3) is 5.56 Å². The molecule has 2 aliphatic rings. The van der Waals surface area contributed by atoms with Crippen LogP contribution in [0.5, 0.6) is 0 Å². The maximum atomic E-state index is 12.3. The van der Waals surface area contributed by atoms with Crippen molar-refractivity contribution in [2.24, 2.45) is 5.92 Å². The smallest absolute Gasteiger partial charge is 0.269 e. The Morgan fingerprint density at radius 3 is 2.75 bits per heavy atom. The van der Waals surface area contributed by atoms with E-state index in [4.69, 9.17) is 9.47 Å². The first-order chi connectivity index (χ1) is 11.7. The van der Waals surface area contributed by atoms with E-state index in [1.807, 2.05) is 23.6 Å². The molecule has 0 N–H and O–H groups in total. The van der Waals surface area contributed by atoms with E-state index in [1.165, 1.54) is 6.20 Å². The predicted molar refractivity (Wildman–Crippen MR) is 92.0 cm³/mol. The van der Waals surface area contributed by atoms with Gasteiger partial charge in [0.05, 0.1) is 30.4 Å². The van der Waals surface area contributed by atoms with Gasteiger partial charge in [0.2, 0.25) is 0 Å². The molecular formula is C19H24N2O3. The average Bonchev–Trinajstić information content (AvgIpc) is 3.04. The first kappa shape index (κ1) is 15.8. The molecule has 24 heavy (non-hydrogen) atoms. The first-order valence-corrected chi connectivity index (χ1v) is 8.89. The molecule has 0 atom stereocenters. The Morgan fingerprint density at radius 1 is 1.25 bits per heavy atom. The minimum absolute atomic E-state index is 0.0113. The number of fused-ring (bicyclic) bond motifs is 1. The topological polar surface area (TPSA) is 53.4 Å². The Balaban J connectivity index is 1.46. The van der Waals surface area contributed by atoms with E-state index < -0.39 is 0 Å². The lowest BCUT2D eigenvalue weighted by Crippen LogP contribution is -2.35. The predicted octanol–water partition coefficient (Wildman–Crippen LogP) is 3.03. The van der Waals surface area contributed by atoms with Gasteiger partial charge in [0.1, 0.15) is 0 Å². The van der Waals surface area contributed by atoms with E-state index in [1.54, 1.807) is 0 Å². The number of hydrogen-bond acceptors (Lipinski definition) is 4. The van der Waals surface area contributed by atoms with Crippen molar-refractivity contribution < 1.29 is 9.47 Å². The van der Waals surface area contributed by atoms with Crippen LogP contribution in [-0.2, 0) is 16.0 Å². The molecular weight excluding hydrogens is 304 g/mol. The highest BCUT2D eigenvalue weighted by Gasteiger charge is 2.40. The fourth-order valence-electron chi connectivity index (χ4n) is 4.01. The van der Waals surface area contributed by atoms with Crippen LogP contribution >= 0.6 is 0 Å². The van der Waals surface area contributed by atoms with Crippen LogP contribution in [0.1, 0.15) is 37.7 Å². The molecule has 4 rings (SSSR count). The lowest BCUT2D eigenvalue weighted by atomic mass is 9.83. The molecule has 128 valence electrons. The molecule has 5 heteroatoms. The van der Waals surface area contributed by atoms with Gasteiger partial charge in [0, 0.05) is 19.4 Å². The second-order valence-electron chi connectivity index (χ2n) is 7.08. The number of aromatic nitrogens is 2. The molecule has 1 spiro atoms. The van der Waals surface area contributed by atoms with E-state index in [-0.39, 0.29) is 11.3 Å².